The summed E-state index contributed by atoms with van der Waals surface area (Å²) in [5, 5.41) is 9.20. The van der Waals surface area contributed by atoms with Crippen molar-refractivity contribution < 1.29 is 8.78 Å². The van der Waals surface area contributed by atoms with Gasteiger partial charge in [0.1, 0.15) is 0 Å². The minimum Gasteiger partial charge on any atom is -0.394 e. The summed E-state index contributed by atoms with van der Waals surface area (Å²) in [6.07, 6.45) is 2.72. The van der Waals surface area contributed by atoms with Gasteiger partial charge in [0, 0.05) is 7.05 Å². The predicted octanol–water partition coefficient (Wildman–Crippen LogP) is 1.74. The van der Waals surface area contributed by atoms with Crippen molar-refractivity contribution >= 4 is 23.1 Å². The first-order valence-electron chi connectivity index (χ1n) is 5.42. The molecule has 0 aliphatic carbocycles. The first-order valence-corrected chi connectivity index (χ1v) is 5.42. The first-order chi connectivity index (χ1) is 9.02. The average molecular weight is 269 g/mol. The number of nitrogen functional groups attached to an aromatic ring is 1. The Morgan fingerprint density at radius 2 is 2.11 bits per heavy atom. The summed E-state index contributed by atoms with van der Waals surface area (Å²) in [6.45, 7) is -1.16. The molecule has 0 fully saturated rings. The summed E-state index contributed by atoms with van der Waals surface area (Å²) in [5.74, 6) is 0.701. The molecule has 2 rings (SSSR count). The van der Waals surface area contributed by atoms with Crippen LogP contribution < -0.4 is 16.4 Å². The quantitative estimate of drug-likeness (QED) is 0.782. The highest BCUT2D eigenvalue weighted by Crippen LogP contribution is 2.23. The van der Waals surface area contributed by atoms with Gasteiger partial charge in [0.2, 0.25) is 5.95 Å². The molecule has 19 heavy (non-hydrogen) atoms. The number of aromatic nitrogens is 4. The monoisotopic (exact) mass is 269 g/mol. The lowest BCUT2D eigenvalue weighted by molar-refractivity contribution is 0.0545. The number of rotatable bonds is 4. The lowest BCUT2D eigenvalue weighted by Gasteiger charge is -2.08. The standard InChI is InChI=1S/C10H13F2N7/c1-5-7(4-16-19(5)9(11)12)17-10-15-3-6(13)8(14-2)18-10/h3-4,9H,13H2,1-2H3,(H2,14,15,17,18). The zero-order valence-electron chi connectivity index (χ0n) is 10.4. The predicted molar refractivity (Wildman–Crippen MR) is 67.5 cm³/mol. The fraction of sp³-hybridized carbons (Fsp3) is 0.300. The highest BCUT2D eigenvalue weighted by Gasteiger charge is 2.14. The maximum atomic E-state index is 12.6. The second kappa shape index (κ2) is 5.04. The van der Waals surface area contributed by atoms with E-state index in [9.17, 15) is 8.78 Å². The summed E-state index contributed by atoms with van der Waals surface area (Å²) in [6, 6.07) is 0. The Hall–Kier alpha value is -2.45. The van der Waals surface area contributed by atoms with E-state index in [0.29, 0.717) is 27.6 Å². The third-order valence-corrected chi connectivity index (χ3v) is 2.53. The van der Waals surface area contributed by atoms with Gasteiger partial charge in [0.25, 0.3) is 0 Å². The van der Waals surface area contributed by atoms with Gasteiger partial charge < -0.3 is 16.4 Å². The van der Waals surface area contributed by atoms with Gasteiger partial charge in [-0.05, 0) is 6.92 Å². The maximum absolute atomic E-state index is 12.6. The Balaban J connectivity index is 2.26. The molecule has 0 saturated heterocycles. The molecule has 9 heteroatoms. The number of anilines is 4. The van der Waals surface area contributed by atoms with E-state index in [1.54, 1.807) is 7.05 Å². The van der Waals surface area contributed by atoms with Gasteiger partial charge >= 0.3 is 6.55 Å². The van der Waals surface area contributed by atoms with Crippen LogP contribution in [0.25, 0.3) is 0 Å². The number of nitrogens with zero attached hydrogens (tertiary/aromatic N) is 4. The second-order valence-electron chi connectivity index (χ2n) is 3.74. The van der Waals surface area contributed by atoms with Crippen LogP contribution in [0.15, 0.2) is 12.4 Å². The van der Waals surface area contributed by atoms with Crippen molar-refractivity contribution in [2.24, 2.45) is 0 Å². The van der Waals surface area contributed by atoms with Crippen LogP contribution in [0.2, 0.25) is 0 Å². The Morgan fingerprint density at radius 3 is 2.68 bits per heavy atom. The molecule has 0 aliphatic rings. The fourth-order valence-electron chi connectivity index (χ4n) is 1.51. The number of nitrogens with two attached hydrogens (primary N) is 1. The molecule has 2 aromatic rings. The van der Waals surface area contributed by atoms with Crippen molar-refractivity contribution in [1.29, 1.82) is 0 Å². The fourth-order valence-corrected chi connectivity index (χ4v) is 1.51. The minimum atomic E-state index is -2.68. The summed E-state index contributed by atoms with van der Waals surface area (Å²) in [5.41, 5.74) is 6.73. The largest absolute Gasteiger partial charge is 0.394 e. The number of hydrogen-bond donors (Lipinski definition) is 3. The molecule has 0 radical (unpaired) electrons. The van der Waals surface area contributed by atoms with Gasteiger partial charge in [-0.25, -0.2) is 9.67 Å². The van der Waals surface area contributed by atoms with E-state index in [1.165, 1.54) is 19.3 Å². The van der Waals surface area contributed by atoms with E-state index in [2.05, 4.69) is 25.7 Å². The van der Waals surface area contributed by atoms with Crippen molar-refractivity contribution in [3.05, 3.63) is 18.1 Å². The van der Waals surface area contributed by atoms with Crippen molar-refractivity contribution in [2.45, 2.75) is 13.5 Å². The van der Waals surface area contributed by atoms with Crippen LogP contribution in [0.1, 0.15) is 12.2 Å². The molecule has 0 aromatic carbocycles. The molecule has 0 atom stereocenters. The van der Waals surface area contributed by atoms with E-state index >= 15 is 0 Å². The van der Waals surface area contributed by atoms with Crippen molar-refractivity contribution in [2.75, 3.05) is 23.4 Å². The van der Waals surface area contributed by atoms with Gasteiger partial charge in [-0.3, -0.25) is 0 Å². The van der Waals surface area contributed by atoms with Crippen LogP contribution in [0, 0.1) is 6.92 Å². The van der Waals surface area contributed by atoms with E-state index < -0.39 is 6.55 Å². The summed E-state index contributed by atoms with van der Waals surface area (Å²) >= 11 is 0. The summed E-state index contributed by atoms with van der Waals surface area (Å²) in [7, 11) is 1.67. The van der Waals surface area contributed by atoms with Gasteiger partial charge in [-0.1, -0.05) is 0 Å². The molecule has 0 spiro atoms. The lowest BCUT2D eigenvalue weighted by Crippen LogP contribution is -2.05. The van der Waals surface area contributed by atoms with E-state index in [1.807, 2.05) is 0 Å². The SMILES string of the molecule is CNc1nc(Nc2cnn(C(F)F)c2C)ncc1N. The van der Waals surface area contributed by atoms with Crippen molar-refractivity contribution in [1.82, 2.24) is 19.7 Å². The Bertz CT molecular complexity index is 581. The Kier molecular flexibility index (Phi) is 3.45. The molecule has 2 heterocycles. The summed E-state index contributed by atoms with van der Waals surface area (Å²) < 4.78 is 25.7. The van der Waals surface area contributed by atoms with Gasteiger partial charge in [0.15, 0.2) is 5.82 Å². The molecule has 0 amide bonds. The molecule has 7 nitrogen and oxygen atoms in total. The zero-order chi connectivity index (χ0) is 14.0. The van der Waals surface area contributed by atoms with E-state index in [-0.39, 0.29) is 5.95 Å². The van der Waals surface area contributed by atoms with Gasteiger partial charge in [0.05, 0.1) is 29.5 Å². The van der Waals surface area contributed by atoms with Gasteiger partial charge in [-0.2, -0.15) is 18.9 Å². The smallest absolute Gasteiger partial charge is 0.333 e. The lowest BCUT2D eigenvalue weighted by atomic mass is 10.4. The normalized spacial score (nSPS) is 10.8. The molecule has 0 saturated carbocycles. The topological polar surface area (TPSA) is 93.7 Å². The first kappa shape index (κ1) is 13.0. The highest BCUT2D eigenvalue weighted by molar-refractivity contribution is 5.64. The molecule has 0 unspecified atom stereocenters. The van der Waals surface area contributed by atoms with Crippen LogP contribution in [0.5, 0.6) is 0 Å². The van der Waals surface area contributed by atoms with E-state index in [4.69, 9.17) is 5.73 Å². The van der Waals surface area contributed by atoms with Crippen LogP contribution in [-0.4, -0.2) is 26.8 Å². The minimum absolute atomic E-state index is 0.246. The Labute approximate surface area is 107 Å². The maximum Gasteiger partial charge on any atom is 0.333 e. The highest BCUT2D eigenvalue weighted by atomic mass is 19.3. The molecule has 0 aliphatic heterocycles. The molecule has 2 aromatic heterocycles. The van der Waals surface area contributed by atoms with Crippen LogP contribution >= 0.6 is 0 Å². The Morgan fingerprint density at radius 1 is 1.37 bits per heavy atom. The molecular weight excluding hydrogens is 256 g/mol. The number of nitrogens with one attached hydrogen (secondary N) is 2. The number of hydrogen-bond acceptors (Lipinski definition) is 6. The van der Waals surface area contributed by atoms with Crippen LogP contribution in [0.4, 0.5) is 31.9 Å². The molecule has 0 bridgehead atoms. The third-order valence-electron chi connectivity index (χ3n) is 2.53. The molecular formula is C10H13F2N7. The average Bonchev–Trinajstić information content (AvgIpc) is 2.73. The molecule has 102 valence electrons. The molecule has 4 N–H and O–H groups in total. The second-order valence-corrected chi connectivity index (χ2v) is 3.74. The zero-order valence-corrected chi connectivity index (χ0v) is 10.4. The van der Waals surface area contributed by atoms with Crippen LogP contribution in [-0.2, 0) is 0 Å². The number of halogens is 2. The third kappa shape index (κ3) is 2.54. The summed E-state index contributed by atoms with van der Waals surface area (Å²) in [4.78, 5) is 8.06. The van der Waals surface area contributed by atoms with Gasteiger partial charge in [-0.15, -0.1) is 0 Å². The van der Waals surface area contributed by atoms with Crippen molar-refractivity contribution in [3.63, 3.8) is 0 Å². The number of alkyl halides is 2. The van der Waals surface area contributed by atoms with E-state index in [0.717, 1.165) is 0 Å². The van der Waals surface area contributed by atoms with Crippen LogP contribution in [0.3, 0.4) is 0 Å². The van der Waals surface area contributed by atoms with Crippen molar-refractivity contribution in [3.8, 4) is 0 Å².